The number of nitrogens with one attached hydrogen (secondary N) is 5. The minimum absolute atomic E-state index is 0.0624. The minimum Gasteiger partial charge on any atom is -0.370 e. The Bertz CT molecular complexity index is 1580. The quantitative estimate of drug-likeness (QED) is 0.212. The number of hydrogen-bond donors (Lipinski definition) is 6. The first-order chi connectivity index (χ1) is 25.5. The fourth-order valence-corrected chi connectivity index (χ4v) is 7.30. The Morgan fingerprint density at radius 2 is 1.06 bits per heavy atom. The van der Waals surface area contributed by atoms with Gasteiger partial charge in [-0.25, -0.2) is 0 Å². The normalized spacial score (nSPS) is 28.2. The molecule has 0 spiro atoms. The van der Waals surface area contributed by atoms with Crippen molar-refractivity contribution < 1.29 is 38.4 Å². The second kappa shape index (κ2) is 18.3. The van der Waals surface area contributed by atoms with E-state index in [-0.39, 0.29) is 25.9 Å². The lowest BCUT2D eigenvalue weighted by molar-refractivity contribution is -0.144. The summed E-state index contributed by atoms with van der Waals surface area (Å²) in [6, 6.07) is 1.08. The van der Waals surface area contributed by atoms with Crippen molar-refractivity contribution in [1.82, 2.24) is 36.4 Å². The summed E-state index contributed by atoms with van der Waals surface area (Å²) in [6.07, 6.45) is 1.01. The largest absolute Gasteiger partial charge is 0.370 e. The highest BCUT2D eigenvalue weighted by atomic mass is 16.2. The van der Waals surface area contributed by atoms with Gasteiger partial charge < -0.3 is 42.1 Å². The SMILES string of the molecule is CC(C)[C@@H]1NC(=O)[C@H]2CCCN2C(=O)[C@H](C(C)C)NC(=O)[C@@H](C(C)C)NC(=O)[C@H](Cc2ccccc2)NC(=O)[C@@H]2CCCN2C(=O)[C@@H](CC(N)=O)NC1=O. The van der Waals surface area contributed by atoms with Crippen molar-refractivity contribution in [2.75, 3.05) is 13.1 Å². The molecule has 3 heterocycles. The van der Waals surface area contributed by atoms with Crippen LogP contribution in [-0.4, -0.2) is 112 Å². The van der Waals surface area contributed by atoms with E-state index in [1.54, 1.807) is 65.8 Å². The molecular formula is C38H56N8O8. The van der Waals surface area contributed by atoms with Gasteiger partial charge in [0.2, 0.25) is 47.3 Å². The molecule has 3 fully saturated rings. The molecule has 3 saturated heterocycles. The third-order valence-corrected chi connectivity index (χ3v) is 10.3. The molecule has 16 nitrogen and oxygen atoms in total. The van der Waals surface area contributed by atoms with Crippen molar-refractivity contribution in [3.63, 3.8) is 0 Å². The number of amides is 8. The average Bonchev–Trinajstić information content (AvgIpc) is 3.81. The van der Waals surface area contributed by atoms with Gasteiger partial charge in [0.15, 0.2) is 0 Å². The smallest absolute Gasteiger partial charge is 0.246 e. The molecule has 296 valence electrons. The molecule has 0 unspecified atom stereocenters. The van der Waals surface area contributed by atoms with Crippen molar-refractivity contribution >= 4 is 47.3 Å². The van der Waals surface area contributed by atoms with Gasteiger partial charge in [-0.3, -0.25) is 38.4 Å². The lowest BCUT2D eigenvalue weighted by Gasteiger charge is -2.33. The number of primary amides is 1. The van der Waals surface area contributed by atoms with Crippen LogP contribution >= 0.6 is 0 Å². The van der Waals surface area contributed by atoms with Crippen LogP contribution in [0.1, 0.15) is 79.2 Å². The van der Waals surface area contributed by atoms with Gasteiger partial charge in [0.05, 0.1) is 6.42 Å². The number of rotatable bonds is 7. The Morgan fingerprint density at radius 3 is 1.57 bits per heavy atom. The van der Waals surface area contributed by atoms with Gasteiger partial charge in [0, 0.05) is 19.5 Å². The maximum atomic E-state index is 14.1. The van der Waals surface area contributed by atoms with Crippen molar-refractivity contribution in [3.8, 4) is 0 Å². The van der Waals surface area contributed by atoms with E-state index >= 15 is 0 Å². The van der Waals surface area contributed by atoms with Gasteiger partial charge in [-0.1, -0.05) is 71.9 Å². The Kier molecular flexibility index (Phi) is 14.2. The van der Waals surface area contributed by atoms with Crippen molar-refractivity contribution in [2.24, 2.45) is 23.5 Å². The monoisotopic (exact) mass is 752 g/mol. The maximum Gasteiger partial charge on any atom is 0.246 e. The van der Waals surface area contributed by atoms with Gasteiger partial charge in [0.25, 0.3) is 0 Å². The summed E-state index contributed by atoms with van der Waals surface area (Å²) >= 11 is 0. The number of nitrogens with two attached hydrogens (primary N) is 1. The second-order valence-electron chi connectivity index (χ2n) is 15.6. The predicted molar refractivity (Wildman–Crippen MR) is 198 cm³/mol. The number of benzene rings is 1. The van der Waals surface area contributed by atoms with Crippen LogP contribution in [0.5, 0.6) is 0 Å². The molecule has 0 saturated carbocycles. The molecule has 7 atom stereocenters. The van der Waals surface area contributed by atoms with Gasteiger partial charge in [0.1, 0.15) is 42.3 Å². The molecule has 8 amide bonds. The highest BCUT2D eigenvalue weighted by molar-refractivity contribution is 6.00. The molecule has 0 aliphatic carbocycles. The molecule has 0 aromatic heterocycles. The zero-order valence-electron chi connectivity index (χ0n) is 32.1. The van der Waals surface area contributed by atoms with Crippen LogP contribution in [0.4, 0.5) is 0 Å². The summed E-state index contributed by atoms with van der Waals surface area (Å²) in [5.41, 5.74) is 6.24. The van der Waals surface area contributed by atoms with E-state index in [0.717, 1.165) is 5.56 Å². The average molecular weight is 753 g/mol. The number of hydrogen-bond acceptors (Lipinski definition) is 8. The molecule has 4 rings (SSSR count). The van der Waals surface area contributed by atoms with E-state index in [0.29, 0.717) is 19.3 Å². The summed E-state index contributed by atoms with van der Waals surface area (Å²) in [4.78, 5) is 113. The Hall–Kier alpha value is -5.02. The Balaban J connectivity index is 1.77. The first-order valence-corrected chi connectivity index (χ1v) is 18.9. The molecule has 54 heavy (non-hydrogen) atoms. The van der Waals surface area contributed by atoms with Crippen molar-refractivity contribution in [2.45, 2.75) is 122 Å². The predicted octanol–water partition coefficient (Wildman–Crippen LogP) is -0.508. The van der Waals surface area contributed by atoms with Gasteiger partial charge >= 0.3 is 0 Å². The van der Waals surface area contributed by atoms with Crippen LogP contribution < -0.4 is 32.3 Å². The Labute approximate surface area is 316 Å². The van der Waals surface area contributed by atoms with E-state index in [1.165, 1.54) is 9.80 Å². The fraction of sp³-hybridized carbons (Fsp3) is 0.632. The molecule has 7 N–H and O–H groups in total. The zero-order valence-corrected chi connectivity index (χ0v) is 32.1. The molecule has 1 aromatic rings. The molecule has 3 aliphatic heterocycles. The highest BCUT2D eigenvalue weighted by Gasteiger charge is 2.43. The summed E-state index contributed by atoms with van der Waals surface area (Å²) in [7, 11) is 0. The molecule has 3 aliphatic rings. The molecule has 0 radical (unpaired) electrons. The third kappa shape index (κ3) is 10.1. The summed E-state index contributed by atoms with van der Waals surface area (Å²) in [5, 5.41) is 13.8. The molecular weight excluding hydrogens is 696 g/mol. The fourth-order valence-electron chi connectivity index (χ4n) is 7.30. The number of carbonyl (C=O) groups is 8. The molecule has 16 heteroatoms. The lowest BCUT2D eigenvalue weighted by atomic mass is 9.98. The standard InChI is InChI=1S/C38H56N8O8/c1-20(2)29-35(51)41-25(19-28(39)47)37(53)45-16-10-14-26(45)33(49)40-24(18-23-12-8-7-9-13-23)32(48)42-30(21(3)4)36(52)44-31(22(5)6)38(54)46-17-11-15-27(46)34(50)43-29/h7-9,12-13,20-22,24-27,29-31H,10-11,14-19H2,1-6H3,(H2,39,47)(H,40,49)(H,41,51)(H,42,48)(H,43,50)(H,44,52)/t24-,25+,26-,27+,29-,30+,31-/m0/s1. The van der Waals surface area contributed by atoms with Gasteiger partial charge in [-0.2, -0.15) is 0 Å². The second-order valence-corrected chi connectivity index (χ2v) is 15.6. The van der Waals surface area contributed by atoms with E-state index in [2.05, 4.69) is 26.6 Å². The van der Waals surface area contributed by atoms with Gasteiger partial charge in [-0.15, -0.1) is 0 Å². The van der Waals surface area contributed by atoms with Gasteiger partial charge in [-0.05, 0) is 49.0 Å². The van der Waals surface area contributed by atoms with Crippen LogP contribution in [0.2, 0.25) is 0 Å². The van der Waals surface area contributed by atoms with Crippen molar-refractivity contribution in [1.29, 1.82) is 0 Å². The van der Waals surface area contributed by atoms with E-state index in [1.807, 2.05) is 6.07 Å². The summed E-state index contributed by atoms with van der Waals surface area (Å²) in [5.74, 6) is -6.58. The summed E-state index contributed by atoms with van der Waals surface area (Å²) < 4.78 is 0. The number of carbonyl (C=O) groups excluding carboxylic acids is 8. The maximum absolute atomic E-state index is 14.1. The highest BCUT2D eigenvalue weighted by Crippen LogP contribution is 2.23. The number of fused-ring (bicyclic) bond motifs is 2. The molecule has 1 aromatic carbocycles. The molecule has 0 bridgehead atoms. The van der Waals surface area contributed by atoms with Crippen molar-refractivity contribution in [3.05, 3.63) is 35.9 Å². The van der Waals surface area contributed by atoms with Crippen LogP contribution in [-0.2, 0) is 44.8 Å². The van der Waals surface area contributed by atoms with E-state index in [9.17, 15) is 38.4 Å². The van der Waals surface area contributed by atoms with Crippen LogP contribution in [0, 0.1) is 17.8 Å². The lowest BCUT2D eigenvalue weighted by Crippen LogP contribution is -2.61. The van der Waals surface area contributed by atoms with Crippen LogP contribution in [0.15, 0.2) is 30.3 Å². The van der Waals surface area contributed by atoms with Crippen LogP contribution in [0.3, 0.4) is 0 Å². The first-order valence-electron chi connectivity index (χ1n) is 18.9. The zero-order chi connectivity index (χ0) is 39.9. The van der Waals surface area contributed by atoms with E-state index in [4.69, 9.17) is 5.73 Å². The minimum atomic E-state index is -1.45. The topological polar surface area (TPSA) is 229 Å². The number of nitrogens with zero attached hydrogens (tertiary/aromatic N) is 2. The van der Waals surface area contributed by atoms with Crippen LogP contribution in [0.25, 0.3) is 0 Å². The Morgan fingerprint density at radius 1 is 0.611 bits per heavy atom. The summed E-state index contributed by atoms with van der Waals surface area (Å²) in [6.45, 7) is 10.8. The third-order valence-electron chi connectivity index (χ3n) is 10.3. The first kappa shape index (κ1) is 41.7. The van der Waals surface area contributed by atoms with E-state index < -0.39 is 114 Å².